The van der Waals surface area contributed by atoms with E-state index >= 15 is 0 Å². The van der Waals surface area contributed by atoms with Crippen molar-refractivity contribution in [3.05, 3.63) is 35.4 Å². The Morgan fingerprint density at radius 3 is 2.33 bits per heavy atom. The lowest BCUT2D eigenvalue weighted by atomic mass is 9.99. The Hall–Kier alpha value is -1.07. The average molecular weight is 259 g/mol. The SMILES string of the molecule is OC[C@@H](c1ccccc1C(F)(F)F)N1CCCC1. The molecule has 0 saturated carbocycles. The summed E-state index contributed by atoms with van der Waals surface area (Å²) in [5.74, 6) is 0. The molecule has 2 nitrogen and oxygen atoms in total. The second-order valence-electron chi connectivity index (χ2n) is 4.53. The maximum absolute atomic E-state index is 12.9. The number of halogens is 3. The van der Waals surface area contributed by atoms with Crippen LogP contribution in [0.2, 0.25) is 0 Å². The smallest absolute Gasteiger partial charge is 0.394 e. The minimum absolute atomic E-state index is 0.175. The van der Waals surface area contributed by atoms with Crippen molar-refractivity contribution < 1.29 is 18.3 Å². The van der Waals surface area contributed by atoms with Crippen molar-refractivity contribution in [3.63, 3.8) is 0 Å². The molecule has 0 aromatic heterocycles. The molecule has 1 aromatic rings. The molecular weight excluding hydrogens is 243 g/mol. The summed E-state index contributed by atoms with van der Waals surface area (Å²) < 4.78 is 38.8. The third-order valence-corrected chi connectivity index (χ3v) is 3.38. The number of nitrogens with zero attached hydrogens (tertiary/aromatic N) is 1. The first kappa shape index (κ1) is 13.4. The van der Waals surface area contributed by atoms with Crippen LogP contribution in [-0.2, 0) is 6.18 Å². The molecule has 0 spiro atoms. The molecule has 0 aliphatic carbocycles. The number of hydrogen-bond acceptors (Lipinski definition) is 2. The van der Waals surface area contributed by atoms with Crippen LogP contribution in [-0.4, -0.2) is 29.7 Å². The van der Waals surface area contributed by atoms with E-state index in [0.717, 1.165) is 32.0 Å². The highest BCUT2D eigenvalue weighted by atomic mass is 19.4. The maximum atomic E-state index is 12.9. The zero-order valence-corrected chi connectivity index (χ0v) is 9.95. The second kappa shape index (κ2) is 5.28. The predicted molar refractivity (Wildman–Crippen MR) is 62.1 cm³/mol. The highest BCUT2D eigenvalue weighted by Crippen LogP contribution is 2.36. The summed E-state index contributed by atoms with van der Waals surface area (Å²) in [7, 11) is 0. The molecule has 100 valence electrons. The summed E-state index contributed by atoms with van der Waals surface area (Å²) >= 11 is 0. The van der Waals surface area contributed by atoms with Crippen molar-refractivity contribution in [1.29, 1.82) is 0 Å². The minimum Gasteiger partial charge on any atom is -0.394 e. The van der Waals surface area contributed by atoms with Crippen LogP contribution < -0.4 is 0 Å². The van der Waals surface area contributed by atoms with E-state index < -0.39 is 17.8 Å². The largest absolute Gasteiger partial charge is 0.416 e. The van der Waals surface area contributed by atoms with Crippen LogP contribution in [0.3, 0.4) is 0 Å². The molecule has 1 aliphatic rings. The van der Waals surface area contributed by atoms with Crippen LogP contribution in [0.15, 0.2) is 24.3 Å². The number of hydrogen-bond donors (Lipinski definition) is 1. The van der Waals surface area contributed by atoms with Gasteiger partial charge in [-0.3, -0.25) is 4.90 Å². The van der Waals surface area contributed by atoms with E-state index in [4.69, 9.17) is 0 Å². The van der Waals surface area contributed by atoms with Gasteiger partial charge >= 0.3 is 6.18 Å². The van der Waals surface area contributed by atoms with Crippen molar-refractivity contribution in [2.75, 3.05) is 19.7 Å². The molecule has 1 aromatic carbocycles. The van der Waals surface area contributed by atoms with Gasteiger partial charge in [-0.1, -0.05) is 18.2 Å². The number of likely N-dealkylation sites (tertiary alicyclic amines) is 1. The molecule has 1 saturated heterocycles. The topological polar surface area (TPSA) is 23.5 Å². The molecule has 18 heavy (non-hydrogen) atoms. The highest BCUT2D eigenvalue weighted by Gasteiger charge is 2.36. The summed E-state index contributed by atoms with van der Waals surface area (Å²) in [5.41, 5.74) is -0.467. The van der Waals surface area contributed by atoms with Crippen molar-refractivity contribution in [2.45, 2.75) is 25.1 Å². The van der Waals surface area contributed by atoms with Crippen LogP contribution in [0.4, 0.5) is 13.2 Å². The highest BCUT2D eigenvalue weighted by molar-refractivity contribution is 5.32. The van der Waals surface area contributed by atoms with Crippen LogP contribution in [0, 0.1) is 0 Å². The van der Waals surface area contributed by atoms with Crippen molar-refractivity contribution in [2.24, 2.45) is 0 Å². The Labute approximate surface area is 104 Å². The number of rotatable bonds is 3. The summed E-state index contributed by atoms with van der Waals surface area (Å²) in [5, 5.41) is 9.42. The van der Waals surface area contributed by atoms with Gasteiger partial charge in [0.1, 0.15) is 0 Å². The fourth-order valence-corrected chi connectivity index (χ4v) is 2.51. The first-order valence-electron chi connectivity index (χ1n) is 6.05. The molecule has 0 bridgehead atoms. The van der Waals surface area contributed by atoms with Gasteiger partial charge in [0.25, 0.3) is 0 Å². The van der Waals surface area contributed by atoms with E-state index in [2.05, 4.69) is 0 Å². The number of aliphatic hydroxyl groups is 1. The Kier molecular flexibility index (Phi) is 3.92. The molecule has 1 aliphatic heterocycles. The van der Waals surface area contributed by atoms with Gasteiger partial charge in [-0.2, -0.15) is 13.2 Å². The lowest BCUT2D eigenvalue weighted by Crippen LogP contribution is -2.30. The second-order valence-corrected chi connectivity index (χ2v) is 4.53. The summed E-state index contributed by atoms with van der Waals surface area (Å²) in [6.45, 7) is 1.21. The standard InChI is InChI=1S/C13H16F3NO/c14-13(15,16)11-6-2-1-5-10(11)12(9-18)17-7-3-4-8-17/h1-2,5-6,12,18H,3-4,7-9H2/t12-/m0/s1. The fraction of sp³-hybridized carbons (Fsp3) is 0.538. The average Bonchev–Trinajstić information content (AvgIpc) is 2.83. The Balaban J connectivity index is 2.35. The van der Waals surface area contributed by atoms with E-state index in [1.54, 1.807) is 6.07 Å². The molecular formula is C13H16F3NO. The summed E-state index contributed by atoms with van der Waals surface area (Å²) in [6.07, 6.45) is -2.42. The number of benzene rings is 1. The van der Waals surface area contributed by atoms with E-state index in [1.165, 1.54) is 12.1 Å². The van der Waals surface area contributed by atoms with Crippen molar-refractivity contribution >= 4 is 0 Å². The van der Waals surface area contributed by atoms with Gasteiger partial charge in [0.05, 0.1) is 18.2 Å². The Bertz CT molecular complexity index is 399. The Morgan fingerprint density at radius 2 is 1.78 bits per heavy atom. The molecule has 0 radical (unpaired) electrons. The van der Waals surface area contributed by atoms with E-state index in [-0.39, 0.29) is 12.2 Å². The zero-order chi connectivity index (χ0) is 13.2. The van der Waals surface area contributed by atoms with E-state index in [9.17, 15) is 18.3 Å². The first-order valence-corrected chi connectivity index (χ1v) is 6.05. The monoisotopic (exact) mass is 259 g/mol. The number of alkyl halides is 3. The molecule has 0 unspecified atom stereocenters. The maximum Gasteiger partial charge on any atom is 0.416 e. The molecule has 0 amide bonds. The van der Waals surface area contributed by atoms with Gasteiger partial charge in [0, 0.05) is 0 Å². The van der Waals surface area contributed by atoms with Gasteiger partial charge in [-0.05, 0) is 37.6 Å². The van der Waals surface area contributed by atoms with Crippen LogP contribution in [0.5, 0.6) is 0 Å². The molecule has 2 rings (SSSR count). The van der Waals surface area contributed by atoms with Gasteiger partial charge in [-0.15, -0.1) is 0 Å². The zero-order valence-electron chi connectivity index (χ0n) is 9.95. The minimum atomic E-state index is -4.37. The van der Waals surface area contributed by atoms with Gasteiger partial charge in [0.2, 0.25) is 0 Å². The predicted octanol–water partition coefficient (Wildman–Crippen LogP) is 2.83. The normalized spacial score (nSPS) is 19.1. The lowest BCUT2D eigenvalue weighted by molar-refractivity contribution is -0.138. The van der Waals surface area contributed by atoms with Crippen LogP contribution in [0.1, 0.15) is 30.0 Å². The van der Waals surface area contributed by atoms with Crippen molar-refractivity contribution in [1.82, 2.24) is 4.90 Å². The van der Waals surface area contributed by atoms with Gasteiger partial charge < -0.3 is 5.11 Å². The van der Waals surface area contributed by atoms with Gasteiger partial charge in [-0.25, -0.2) is 0 Å². The summed E-state index contributed by atoms with van der Waals surface area (Å²) in [6, 6.07) is 4.95. The third-order valence-electron chi connectivity index (χ3n) is 3.38. The Morgan fingerprint density at radius 1 is 1.17 bits per heavy atom. The fourth-order valence-electron chi connectivity index (χ4n) is 2.51. The van der Waals surface area contributed by atoms with Crippen LogP contribution in [0.25, 0.3) is 0 Å². The van der Waals surface area contributed by atoms with Crippen molar-refractivity contribution in [3.8, 4) is 0 Å². The molecule has 1 N–H and O–H groups in total. The lowest BCUT2D eigenvalue weighted by Gasteiger charge is -2.28. The molecule has 1 heterocycles. The van der Waals surface area contributed by atoms with Crippen LogP contribution >= 0.6 is 0 Å². The summed E-state index contributed by atoms with van der Waals surface area (Å²) in [4.78, 5) is 1.92. The van der Waals surface area contributed by atoms with Gasteiger partial charge in [0.15, 0.2) is 0 Å². The first-order chi connectivity index (χ1) is 8.54. The van der Waals surface area contributed by atoms with E-state index in [0.29, 0.717) is 0 Å². The molecule has 5 heteroatoms. The number of aliphatic hydroxyl groups excluding tert-OH is 1. The molecule has 1 fully saturated rings. The molecule has 1 atom stereocenters. The third kappa shape index (κ3) is 2.67. The quantitative estimate of drug-likeness (QED) is 0.902. The van der Waals surface area contributed by atoms with E-state index in [1.807, 2.05) is 4.90 Å².